The van der Waals surface area contributed by atoms with Crippen molar-refractivity contribution in [1.82, 2.24) is 0 Å². The van der Waals surface area contributed by atoms with Gasteiger partial charge in [-0.15, -0.1) is 0 Å². The van der Waals surface area contributed by atoms with E-state index in [9.17, 15) is 0 Å². The molecule has 0 aliphatic carbocycles. The molecule has 45 valence electrons. The van der Waals surface area contributed by atoms with E-state index in [-0.39, 0.29) is 0 Å². The Kier molecular flexibility index (Phi) is 2.06. The van der Waals surface area contributed by atoms with Crippen LogP contribution in [0.15, 0.2) is 29.3 Å². The van der Waals surface area contributed by atoms with Gasteiger partial charge in [-0.05, 0) is 17.7 Å². The van der Waals surface area contributed by atoms with Gasteiger partial charge in [-0.3, -0.25) is 0 Å². The van der Waals surface area contributed by atoms with E-state index < -0.39 is 0 Å². The third-order valence-corrected chi connectivity index (χ3v) is 1.48. The Balaban J connectivity index is 3.07. The highest BCUT2D eigenvalue weighted by Gasteiger charge is 1.85. The Bertz CT molecular complexity index is 216. The third kappa shape index (κ3) is 1.68. The predicted octanol–water partition coefficient (Wildman–Crippen LogP) is 2.89. The van der Waals surface area contributed by atoms with E-state index >= 15 is 0 Å². The molecular formula is C8H6Br. The van der Waals surface area contributed by atoms with Crippen molar-refractivity contribution in [2.24, 2.45) is 0 Å². The summed E-state index contributed by atoms with van der Waals surface area (Å²) in [4.78, 5) is 0. The number of rotatable bonds is 1. The minimum Gasteiger partial charge on any atom is -0.0985 e. The molecule has 0 nitrogen and oxygen atoms in total. The second-order valence-electron chi connectivity index (χ2n) is 1.67. The summed E-state index contributed by atoms with van der Waals surface area (Å²) in [5, 5.41) is 0. The average molecular weight is 182 g/mol. The van der Waals surface area contributed by atoms with Crippen LogP contribution in [0.3, 0.4) is 0 Å². The van der Waals surface area contributed by atoms with Crippen molar-refractivity contribution in [2.45, 2.75) is 0 Å². The van der Waals surface area contributed by atoms with Crippen molar-refractivity contribution < 1.29 is 0 Å². The zero-order valence-corrected chi connectivity index (χ0v) is 6.48. The van der Waals surface area contributed by atoms with Gasteiger partial charge in [0.15, 0.2) is 0 Å². The lowest BCUT2D eigenvalue weighted by Crippen LogP contribution is -1.68. The van der Waals surface area contributed by atoms with Crippen molar-refractivity contribution in [1.29, 1.82) is 0 Å². The van der Waals surface area contributed by atoms with Crippen molar-refractivity contribution >= 4 is 22.0 Å². The summed E-state index contributed by atoms with van der Waals surface area (Å²) >= 11 is 3.30. The van der Waals surface area contributed by atoms with Gasteiger partial charge in [0, 0.05) is 4.47 Å². The zero-order chi connectivity index (χ0) is 6.69. The molecule has 1 heteroatoms. The molecule has 1 radical (unpaired) electrons. The maximum Gasteiger partial charge on any atom is 0.0260 e. The molecule has 0 heterocycles. The van der Waals surface area contributed by atoms with Crippen molar-refractivity contribution in [3.63, 3.8) is 0 Å². The minimum absolute atomic E-state index is 0.972. The maximum atomic E-state index is 3.64. The van der Waals surface area contributed by atoms with E-state index in [0.29, 0.717) is 0 Å². The first kappa shape index (κ1) is 6.56. The lowest BCUT2D eigenvalue weighted by Gasteiger charge is -1.90. The molecule has 0 aliphatic rings. The summed E-state index contributed by atoms with van der Waals surface area (Å²) in [5.41, 5.74) is 1.11. The van der Waals surface area contributed by atoms with Gasteiger partial charge < -0.3 is 0 Å². The van der Waals surface area contributed by atoms with Crippen LogP contribution in [-0.2, 0) is 0 Å². The summed E-state index contributed by atoms with van der Waals surface area (Å²) in [6.07, 6.45) is 1.80. The Morgan fingerprint density at radius 3 is 2.89 bits per heavy atom. The molecule has 0 unspecified atom stereocenters. The molecule has 0 aliphatic heterocycles. The summed E-state index contributed by atoms with van der Waals surface area (Å²) in [5.74, 6) is 0. The van der Waals surface area contributed by atoms with Crippen LogP contribution >= 0.6 is 15.9 Å². The summed E-state index contributed by atoms with van der Waals surface area (Å²) < 4.78 is 0.972. The minimum atomic E-state index is 0.972. The Morgan fingerprint density at radius 2 is 2.44 bits per heavy atom. The highest BCUT2D eigenvalue weighted by Crippen LogP contribution is 2.10. The first-order valence-corrected chi connectivity index (χ1v) is 3.42. The largest absolute Gasteiger partial charge is 0.0985 e. The van der Waals surface area contributed by atoms with Crippen LogP contribution in [-0.4, -0.2) is 0 Å². The molecule has 0 aromatic heterocycles. The zero-order valence-electron chi connectivity index (χ0n) is 4.89. The van der Waals surface area contributed by atoms with Crippen LogP contribution in [0.25, 0.3) is 6.08 Å². The molecule has 0 saturated carbocycles. The van der Waals surface area contributed by atoms with E-state index in [4.69, 9.17) is 0 Å². The molecule has 1 aromatic rings. The number of hydrogen-bond acceptors (Lipinski definition) is 0. The number of hydrogen-bond donors (Lipinski definition) is 0. The van der Waals surface area contributed by atoms with Crippen molar-refractivity contribution in [3.8, 4) is 0 Å². The van der Waals surface area contributed by atoms with Crippen molar-refractivity contribution in [2.75, 3.05) is 0 Å². The van der Waals surface area contributed by atoms with Crippen LogP contribution in [0, 0.1) is 6.07 Å². The van der Waals surface area contributed by atoms with Crippen LogP contribution in [0.5, 0.6) is 0 Å². The van der Waals surface area contributed by atoms with E-state index in [1.807, 2.05) is 18.2 Å². The molecule has 1 aromatic carbocycles. The fourth-order valence-corrected chi connectivity index (χ4v) is 0.977. The van der Waals surface area contributed by atoms with Gasteiger partial charge in [-0.1, -0.05) is 40.7 Å². The smallest absolute Gasteiger partial charge is 0.0260 e. The first-order valence-electron chi connectivity index (χ1n) is 2.62. The Labute approximate surface area is 63.3 Å². The fraction of sp³-hybridized carbons (Fsp3) is 0. The van der Waals surface area contributed by atoms with Gasteiger partial charge in [0.25, 0.3) is 0 Å². The third-order valence-electron chi connectivity index (χ3n) is 1.03. The summed E-state index contributed by atoms with van der Waals surface area (Å²) in [7, 11) is 0. The van der Waals surface area contributed by atoms with Gasteiger partial charge in [-0.2, -0.15) is 0 Å². The van der Waals surface area contributed by atoms with Crippen LogP contribution in [0.4, 0.5) is 0 Å². The average Bonchev–Trinajstić information content (AvgIpc) is 1.88. The second kappa shape index (κ2) is 2.83. The topological polar surface area (TPSA) is 0 Å². The molecular weight excluding hydrogens is 176 g/mol. The number of halogens is 1. The molecule has 0 fully saturated rings. The highest BCUT2D eigenvalue weighted by atomic mass is 79.9. The lowest BCUT2D eigenvalue weighted by atomic mass is 10.2. The Morgan fingerprint density at radius 1 is 1.67 bits per heavy atom. The molecule has 0 N–H and O–H groups in total. The molecule has 0 bridgehead atoms. The first-order chi connectivity index (χ1) is 4.33. The van der Waals surface area contributed by atoms with Gasteiger partial charge in [0.05, 0.1) is 0 Å². The van der Waals surface area contributed by atoms with Gasteiger partial charge in [0.1, 0.15) is 0 Å². The predicted molar refractivity (Wildman–Crippen MR) is 43.1 cm³/mol. The van der Waals surface area contributed by atoms with Crippen LogP contribution in [0.1, 0.15) is 5.56 Å². The number of benzene rings is 1. The van der Waals surface area contributed by atoms with Crippen LogP contribution in [0.2, 0.25) is 0 Å². The lowest BCUT2D eigenvalue weighted by molar-refractivity contribution is 1.60. The van der Waals surface area contributed by atoms with E-state index in [0.717, 1.165) is 10.0 Å². The van der Waals surface area contributed by atoms with E-state index in [1.54, 1.807) is 6.08 Å². The van der Waals surface area contributed by atoms with E-state index in [2.05, 4.69) is 28.6 Å². The molecule has 0 saturated heterocycles. The molecule has 0 atom stereocenters. The monoisotopic (exact) mass is 181 g/mol. The van der Waals surface area contributed by atoms with Gasteiger partial charge >= 0.3 is 0 Å². The SMILES string of the molecule is C=Cc1cc[c]c(Br)c1. The molecule has 0 spiro atoms. The highest BCUT2D eigenvalue weighted by molar-refractivity contribution is 9.10. The van der Waals surface area contributed by atoms with Gasteiger partial charge in [-0.25, -0.2) is 0 Å². The maximum absolute atomic E-state index is 3.64. The van der Waals surface area contributed by atoms with Crippen molar-refractivity contribution in [3.05, 3.63) is 40.9 Å². The molecule has 0 amide bonds. The quantitative estimate of drug-likeness (QED) is 0.626. The molecule has 9 heavy (non-hydrogen) atoms. The normalized spacial score (nSPS) is 9.00. The summed E-state index contributed by atoms with van der Waals surface area (Å²) in [6, 6.07) is 8.76. The summed E-state index contributed by atoms with van der Waals surface area (Å²) in [6.45, 7) is 3.64. The van der Waals surface area contributed by atoms with Crippen LogP contribution < -0.4 is 0 Å². The standard InChI is InChI=1S/C8H6Br/c1-2-7-4-3-5-8(9)6-7/h2-4,6H,1H2. The second-order valence-corrected chi connectivity index (χ2v) is 2.53. The van der Waals surface area contributed by atoms with Gasteiger partial charge in [0.2, 0.25) is 0 Å². The molecule has 1 rings (SSSR count). The Hall–Kier alpha value is -0.560. The fourth-order valence-electron chi connectivity index (χ4n) is 0.581. The van der Waals surface area contributed by atoms with E-state index in [1.165, 1.54) is 0 Å².